The number of benzene rings is 1. The summed E-state index contributed by atoms with van der Waals surface area (Å²) in [5.74, 6) is -0.231. The summed E-state index contributed by atoms with van der Waals surface area (Å²) in [4.78, 5) is 15.9. The van der Waals surface area contributed by atoms with E-state index >= 15 is 0 Å². The number of carboxylic acid groups (broad SMARTS) is 1. The molecule has 1 aliphatic rings. The third kappa shape index (κ3) is 3.31. The summed E-state index contributed by atoms with van der Waals surface area (Å²) in [5.41, 5.74) is 0.693. The van der Waals surface area contributed by atoms with Gasteiger partial charge in [0.2, 0.25) is 0 Å². The molecule has 0 aromatic heterocycles. The summed E-state index contributed by atoms with van der Waals surface area (Å²) in [7, 11) is 3.61. The number of rotatable bonds is 4. The van der Waals surface area contributed by atoms with Gasteiger partial charge in [-0.2, -0.15) is 0 Å². The molecule has 1 saturated heterocycles. The first-order valence-electron chi connectivity index (χ1n) is 6.51. The van der Waals surface area contributed by atoms with Crippen LogP contribution in [0, 0.1) is 0 Å². The molecule has 1 heterocycles. The molecular formula is C14H19BrN2O3. The molecule has 2 rings (SSSR count). The Bertz CT molecular complexity index is 487. The Morgan fingerprint density at radius 3 is 2.55 bits per heavy atom. The predicted octanol–water partition coefficient (Wildman–Crippen LogP) is 1.83. The second kappa shape index (κ2) is 6.56. The lowest BCUT2D eigenvalue weighted by Gasteiger charge is -2.36. The monoisotopic (exact) mass is 342 g/mol. The minimum absolute atomic E-state index is 0.611. The minimum atomic E-state index is -0.842. The molecule has 0 spiro atoms. The van der Waals surface area contributed by atoms with Gasteiger partial charge in [-0.1, -0.05) is 15.9 Å². The van der Waals surface area contributed by atoms with Gasteiger partial charge in [-0.3, -0.25) is 9.69 Å². The summed E-state index contributed by atoms with van der Waals surface area (Å²) in [6.07, 6.45) is 0. The molecule has 0 aliphatic carbocycles. The Hall–Kier alpha value is -1.11. The van der Waals surface area contributed by atoms with Gasteiger partial charge in [0.25, 0.3) is 0 Å². The molecule has 110 valence electrons. The van der Waals surface area contributed by atoms with Crippen molar-refractivity contribution in [2.24, 2.45) is 0 Å². The molecule has 0 saturated carbocycles. The van der Waals surface area contributed by atoms with Crippen LogP contribution in [0.4, 0.5) is 0 Å². The van der Waals surface area contributed by atoms with Gasteiger partial charge in [-0.05, 0) is 25.2 Å². The van der Waals surface area contributed by atoms with Crippen LogP contribution in [-0.4, -0.2) is 61.2 Å². The zero-order valence-electron chi connectivity index (χ0n) is 11.7. The Balaban J connectivity index is 2.33. The van der Waals surface area contributed by atoms with Crippen molar-refractivity contribution in [2.45, 2.75) is 6.04 Å². The first-order chi connectivity index (χ1) is 9.52. The average molecular weight is 343 g/mol. The Labute approximate surface area is 127 Å². The topological polar surface area (TPSA) is 53.0 Å². The molecule has 1 aromatic rings. The smallest absolute Gasteiger partial charge is 0.325 e. The fraction of sp³-hybridized carbons (Fsp3) is 0.500. The maximum absolute atomic E-state index is 11.7. The predicted molar refractivity (Wildman–Crippen MR) is 80.1 cm³/mol. The highest BCUT2D eigenvalue weighted by Gasteiger charge is 2.31. The number of halogens is 1. The molecule has 1 N–H and O–H groups in total. The molecule has 5 nitrogen and oxygen atoms in total. The van der Waals surface area contributed by atoms with Crippen molar-refractivity contribution >= 4 is 21.9 Å². The molecule has 1 unspecified atom stereocenters. The maximum atomic E-state index is 11.7. The van der Waals surface area contributed by atoms with Crippen molar-refractivity contribution in [3.63, 3.8) is 0 Å². The zero-order chi connectivity index (χ0) is 14.7. The highest BCUT2D eigenvalue weighted by atomic mass is 79.9. The number of aliphatic carboxylic acids is 1. The molecule has 20 heavy (non-hydrogen) atoms. The van der Waals surface area contributed by atoms with Crippen LogP contribution < -0.4 is 4.74 Å². The fourth-order valence-corrected chi connectivity index (χ4v) is 2.86. The first kappa shape index (κ1) is 15.3. The van der Waals surface area contributed by atoms with Crippen LogP contribution >= 0.6 is 15.9 Å². The number of hydrogen-bond acceptors (Lipinski definition) is 4. The summed E-state index contributed by atoms with van der Waals surface area (Å²) in [6, 6.07) is 4.81. The van der Waals surface area contributed by atoms with E-state index in [4.69, 9.17) is 4.74 Å². The largest absolute Gasteiger partial charge is 0.496 e. The Kier molecular flexibility index (Phi) is 5.01. The minimum Gasteiger partial charge on any atom is -0.496 e. The summed E-state index contributed by atoms with van der Waals surface area (Å²) in [6.45, 7) is 3.23. The molecule has 1 aliphatic heterocycles. The highest BCUT2D eigenvalue weighted by Crippen LogP contribution is 2.32. The van der Waals surface area contributed by atoms with Crippen molar-refractivity contribution in [3.8, 4) is 5.75 Å². The van der Waals surface area contributed by atoms with Crippen molar-refractivity contribution in [3.05, 3.63) is 28.2 Å². The zero-order valence-corrected chi connectivity index (χ0v) is 13.3. The van der Waals surface area contributed by atoms with Gasteiger partial charge in [-0.15, -0.1) is 0 Å². The lowest BCUT2D eigenvalue weighted by atomic mass is 10.0. The van der Waals surface area contributed by atoms with Gasteiger partial charge in [0.15, 0.2) is 0 Å². The van der Waals surface area contributed by atoms with E-state index in [0.29, 0.717) is 11.3 Å². The number of piperazine rings is 1. The van der Waals surface area contributed by atoms with Gasteiger partial charge in [0.05, 0.1) is 7.11 Å². The molecule has 1 fully saturated rings. The van der Waals surface area contributed by atoms with E-state index in [1.54, 1.807) is 13.2 Å². The summed E-state index contributed by atoms with van der Waals surface area (Å²) >= 11 is 3.40. The van der Waals surface area contributed by atoms with Crippen LogP contribution in [0.2, 0.25) is 0 Å². The van der Waals surface area contributed by atoms with E-state index in [0.717, 1.165) is 30.7 Å². The van der Waals surface area contributed by atoms with Crippen LogP contribution in [0.15, 0.2) is 22.7 Å². The first-order valence-corrected chi connectivity index (χ1v) is 7.31. The standard InChI is InChI=1S/C14H19BrN2O3/c1-16-5-7-17(8-6-16)13(14(18)19)11-9-10(15)3-4-12(11)20-2/h3-4,9,13H,5-8H2,1-2H3,(H,18,19). The number of carbonyl (C=O) groups is 1. The Morgan fingerprint density at radius 1 is 1.35 bits per heavy atom. The fourth-order valence-electron chi connectivity index (χ4n) is 2.48. The molecule has 0 amide bonds. The van der Waals surface area contributed by atoms with Gasteiger partial charge in [0.1, 0.15) is 11.8 Å². The third-order valence-corrected chi connectivity index (χ3v) is 4.12. The Morgan fingerprint density at radius 2 is 2.00 bits per heavy atom. The van der Waals surface area contributed by atoms with Crippen LogP contribution in [-0.2, 0) is 4.79 Å². The van der Waals surface area contributed by atoms with Crippen molar-refractivity contribution in [2.75, 3.05) is 40.3 Å². The van der Waals surface area contributed by atoms with E-state index < -0.39 is 12.0 Å². The molecule has 1 aromatic carbocycles. The number of methoxy groups -OCH3 is 1. The SMILES string of the molecule is COc1ccc(Br)cc1C(C(=O)O)N1CCN(C)CC1. The molecule has 1 atom stereocenters. The number of ether oxygens (including phenoxy) is 1. The van der Waals surface area contributed by atoms with Crippen LogP contribution in [0.1, 0.15) is 11.6 Å². The maximum Gasteiger partial charge on any atom is 0.325 e. The van der Waals surface area contributed by atoms with Crippen LogP contribution in [0.3, 0.4) is 0 Å². The van der Waals surface area contributed by atoms with E-state index in [9.17, 15) is 9.90 Å². The second-order valence-electron chi connectivity index (χ2n) is 4.97. The van der Waals surface area contributed by atoms with Gasteiger partial charge < -0.3 is 14.7 Å². The van der Waals surface area contributed by atoms with Gasteiger partial charge in [0, 0.05) is 36.2 Å². The van der Waals surface area contributed by atoms with Gasteiger partial charge in [-0.25, -0.2) is 0 Å². The lowest BCUT2D eigenvalue weighted by molar-refractivity contribution is -0.144. The number of hydrogen-bond donors (Lipinski definition) is 1. The summed E-state index contributed by atoms with van der Waals surface area (Å²) in [5, 5.41) is 9.63. The van der Waals surface area contributed by atoms with Crippen molar-refractivity contribution < 1.29 is 14.6 Å². The number of likely N-dealkylation sites (N-methyl/N-ethyl adjacent to an activating group) is 1. The molecule has 6 heteroatoms. The molecule has 0 bridgehead atoms. The quantitative estimate of drug-likeness (QED) is 0.904. The van der Waals surface area contributed by atoms with Crippen molar-refractivity contribution in [1.82, 2.24) is 9.80 Å². The average Bonchev–Trinajstić information content (AvgIpc) is 2.41. The van der Waals surface area contributed by atoms with Crippen LogP contribution in [0.5, 0.6) is 5.75 Å². The van der Waals surface area contributed by atoms with E-state index in [1.807, 2.05) is 24.1 Å². The van der Waals surface area contributed by atoms with Gasteiger partial charge >= 0.3 is 5.97 Å². The van der Waals surface area contributed by atoms with Crippen molar-refractivity contribution in [1.29, 1.82) is 0 Å². The number of carboxylic acids is 1. The second-order valence-corrected chi connectivity index (χ2v) is 5.88. The van der Waals surface area contributed by atoms with Crippen LogP contribution in [0.25, 0.3) is 0 Å². The third-order valence-electron chi connectivity index (χ3n) is 3.62. The summed E-state index contributed by atoms with van der Waals surface area (Å²) < 4.78 is 6.18. The number of nitrogens with zero attached hydrogens (tertiary/aromatic N) is 2. The molecule has 0 radical (unpaired) electrons. The van der Waals surface area contributed by atoms with E-state index in [-0.39, 0.29) is 0 Å². The van der Waals surface area contributed by atoms with E-state index in [2.05, 4.69) is 20.8 Å². The highest BCUT2D eigenvalue weighted by molar-refractivity contribution is 9.10. The molecular weight excluding hydrogens is 324 g/mol. The normalized spacial score (nSPS) is 18.8. The lowest BCUT2D eigenvalue weighted by Crippen LogP contribution is -2.47. The van der Waals surface area contributed by atoms with E-state index in [1.165, 1.54) is 0 Å².